The molecular weight excluding hydrogens is 216 g/mol. The van der Waals surface area contributed by atoms with Gasteiger partial charge in [-0.25, -0.2) is 0 Å². The summed E-state index contributed by atoms with van der Waals surface area (Å²) in [7, 11) is 4.17. The second-order valence-electron chi connectivity index (χ2n) is 3.40. The van der Waals surface area contributed by atoms with E-state index >= 15 is 0 Å². The highest BCUT2D eigenvalue weighted by atomic mass is 16.5. The van der Waals surface area contributed by atoms with E-state index in [1.165, 1.54) is 21.3 Å². The molecule has 0 aromatic rings. The van der Waals surface area contributed by atoms with Crippen molar-refractivity contribution < 1.29 is 28.9 Å². The maximum atomic E-state index is 11.1. The minimum absolute atomic E-state index is 0.177. The van der Waals surface area contributed by atoms with Crippen LogP contribution in [-0.4, -0.2) is 51.6 Å². The van der Waals surface area contributed by atoms with E-state index in [0.29, 0.717) is 0 Å². The standard InChI is InChI=1S/C10H18O6/c1-14-5-7(6-15-2)8(10(12)13)4-9(11)16-3/h7-8H,4-6H2,1-3H3,(H,12,13)/t8-/m0/s1. The number of methoxy groups -OCH3 is 3. The highest BCUT2D eigenvalue weighted by Gasteiger charge is 2.30. The summed E-state index contributed by atoms with van der Waals surface area (Å²) in [6.45, 7) is 0.448. The Labute approximate surface area is 94.5 Å². The number of esters is 1. The van der Waals surface area contributed by atoms with Crippen molar-refractivity contribution >= 4 is 11.9 Å². The molecule has 0 saturated carbocycles. The molecule has 1 N–H and O–H groups in total. The fraction of sp³-hybridized carbons (Fsp3) is 0.800. The van der Waals surface area contributed by atoms with Gasteiger partial charge in [0.05, 0.1) is 32.7 Å². The molecule has 0 aliphatic rings. The van der Waals surface area contributed by atoms with Gasteiger partial charge >= 0.3 is 11.9 Å². The normalized spacial score (nSPS) is 12.5. The Morgan fingerprint density at radius 2 is 1.62 bits per heavy atom. The number of carbonyl (C=O) groups excluding carboxylic acids is 1. The average molecular weight is 234 g/mol. The van der Waals surface area contributed by atoms with Gasteiger partial charge in [0, 0.05) is 20.1 Å². The van der Waals surface area contributed by atoms with Gasteiger partial charge in [-0.3, -0.25) is 9.59 Å². The first-order valence-electron chi connectivity index (χ1n) is 4.84. The van der Waals surface area contributed by atoms with Gasteiger partial charge in [0.25, 0.3) is 0 Å². The lowest BCUT2D eigenvalue weighted by Gasteiger charge is -2.21. The molecule has 16 heavy (non-hydrogen) atoms. The SMILES string of the molecule is COCC(COC)[C@H](CC(=O)OC)C(=O)O. The summed E-state index contributed by atoms with van der Waals surface area (Å²) < 4.78 is 14.3. The summed E-state index contributed by atoms with van der Waals surface area (Å²) in [6.07, 6.45) is -0.177. The van der Waals surface area contributed by atoms with Crippen molar-refractivity contribution in [2.45, 2.75) is 6.42 Å². The highest BCUT2D eigenvalue weighted by molar-refractivity contribution is 5.78. The van der Waals surface area contributed by atoms with Crippen LogP contribution in [0.5, 0.6) is 0 Å². The third-order valence-corrected chi connectivity index (χ3v) is 2.26. The van der Waals surface area contributed by atoms with E-state index in [9.17, 15) is 9.59 Å². The zero-order valence-electron chi connectivity index (χ0n) is 9.76. The summed E-state index contributed by atoms with van der Waals surface area (Å²) in [5.41, 5.74) is 0. The molecule has 0 aromatic heterocycles. The van der Waals surface area contributed by atoms with E-state index in [1.807, 2.05) is 0 Å². The minimum atomic E-state index is -1.05. The quantitative estimate of drug-likeness (QED) is 0.602. The van der Waals surface area contributed by atoms with Crippen LogP contribution in [0, 0.1) is 11.8 Å². The predicted molar refractivity (Wildman–Crippen MR) is 55.0 cm³/mol. The number of carboxylic acids is 1. The van der Waals surface area contributed by atoms with E-state index in [4.69, 9.17) is 14.6 Å². The van der Waals surface area contributed by atoms with Crippen LogP contribution in [0.25, 0.3) is 0 Å². The molecule has 0 aromatic carbocycles. The van der Waals surface area contributed by atoms with Crippen molar-refractivity contribution in [3.05, 3.63) is 0 Å². The largest absolute Gasteiger partial charge is 0.481 e. The van der Waals surface area contributed by atoms with Gasteiger partial charge in [-0.05, 0) is 0 Å². The molecule has 0 fully saturated rings. The topological polar surface area (TPSA) is 82.1 Å². The molecule has 6 heteroatoms. The second kappa shape index (κ2) is 8.06. The molecule has 1 atom stereocenters. The number of hydrogen-bond acceptors (Lipinski definition) is 5. The van der Waals surface area contributed by atoms with Crippen molar-refractivity contribution in [3.8, 4) is 0 Å². The van der Waals surface area contributed by atoms with Crippen LogP contribution in [-0.2, 0) is 23.8 Å². The summed E-state index contributed by atoms with van der Waals surface area (Å²) >= 11 is 0. The second-order valence-corrected chi connectivity index (χ2v) is 3.40. The summed E-state index contributed by atoms with van der Waals surface area (Å²) in [4.78, 5) is 22.1. The van der Waals surface area contributed by atoms with Crippen LogP contribution in [0.2, 0.25) is 0 Å². The van der Waals surface area contributed by atoms with Crippen molar-refractivity contribution in [1.82, 2.24) is 0 Å². The van der Waals surface area contributed by atoms with E-state index < -0.39 is 17.9 Å². The average Bonchev–Trinajstić information content (AvgIpc) is 2.25. The van der Waals surface area contributed by atoms with Crippen LogP contribution in [0.1, 0.15) is 6.42 Å². The molecular formula is C10H18O6. The smallest absolute Gasteiger partial charge is 0.307 e. The molecule has 0 aliphatic heterocycles. The molecule has 0 spiro atoms. The van der Waals surface area contributed by atoms with Gasteiger partial charge in [0.2, 0.25) is 0 Å². The van der Waals surface area contributed by atoms with Gasteiger partial charge in [-0.15, -0.1) is 0 Å². The van der Waals surface area contributed by atoms with Crippen molar-refractivity contribution in [1.29, 1.82) is 0 Å². The van der Waals surface area contributed by atoms with Crippen molar-refractivity contribution in [3.63, 3.8) is 0 Å². The van der Waals surface area contributed by atoms with Crippen LogP contribution in [0.3, 0.4) is 0 Å². The molecule has 0 unspecified atom stereocenters. The maximum Gasteiger partial charge on any atom is 0.307 e. The van der Waals surface area contributed by atoms with Gasteiger partial charge in [-0.2, -0.15) is 0 Å². The zero-order chi connectivity index (χ0) is 12.6. The number of carbonyl (C=O) groups is 2. The minimum Gasteiger partial charge on any atom is -0.481 e. The van der Waals surface area contributed by atoms with Gasteiger partial charge in [0.1, 0.15) is 0 Å². The molecule has 0 amide bonds. The van der Waals surface area contributed by atoms with Crippen molar-refractivity contribution in [2.24, 2.45) is 11.8 Å². The fourth-order valence-corrected chi connectivity index (χ4v) is 1.43. The molecule has 94 valence electrons. The van der Waals surface area contributed by atoms with Crippen LogP contribution in [0.15, 0.2) is 0 Å². The predicted octanol–water partition coefficient (Wildman–Crippen LogP) is 0.159. The molecule has 0 heterocycles. The van der Waals surface area contributed by atoms with Crippen LogP contribution in [0.4, 0.5) is 0 Å². The first kappa shape index (κ1) is 14.9. The molecule has 0 saturated heterocycles. The molecule has 0 rings (SSSR count). The fourth-order valence-electron chi connectivity index (χ4n) is 1.43. The lowest BCUT2D eigenvalue weighted by Crippen LogP contribution is -2.32. The Morgan fingerprint density at radius 1 is 1.12 bits per heavy atom. The van der Waals surface area contributed by atoms with E-state index in [0.717, 1.165) is 0 Å². The number of aliphatic carboxylic acids is 1. The van der Waals surface area contributed by atoms with Crippen LogP contribution >= 0.6 is 0 Å². The number of ether oxygens (including phenoxy) is 3. The molecule has 6 nitrogen and oxygen atoms in total. The zero-order valence-corrected chi connectivity index (χ0v) is 9.76. The molecule has 0 aliphatic carbocycles. The number of rotatable bonds is 8. The monoisotopic (exact) mass is 234 g/mol. The Morgan fingerprint density at radius 3 is 1.94 bits per heavy atom. The Bertz CT molecular complexity index is 221. The molecule has 0 radical (unpaired) electrons. The number of carboxylic acid groups (broad SMARTS) is 1. The van der Waals surface area contributed by atoms with E-state index in [1.54, 1.807) is 0 Å². The first-order chi connectivity index (χ1) is 7.56. The third kappa shape index (κ3) is 5.09. The Balaban J connectivity index is 4.56. The van der Waals surface area contributed by atoms with E-state index in [2.05, 4.69) is 4.74 Å². The number of hydrogen-bond donors (Lipinski definition) is 1. The van der Waals surface area contributed by atoms with Gasteiger partial charge in [-0.1, -0.05) is 0 Å². The Hall–Kier alpha value is -1.14. The van der Waals surface area contributed by atoms with E-state index in [-0.39, 0.29) is 25.6 Å². The maximum absolute atomic E-state index is 11.1. The summed E-state index contributed by atoms with van der Waals surface area (Å²) in [5.74, 6) is -2.83. The lowest BCUT2D eigenvalue weighted by atomic mass is 9.90. The Kier molecular flexibility index (Phi) is 7.49. The van der Waals surface area contributed by atoms with Crippen molar-refractivity contribution in [2.75, 3.05) is 34.5 Å². The third-order valence-electron chi connectivity index (χ3n) is 2.26. The van der Waals surface area contributed by atoms with Gasteiger partial charge < -0.3 is 19.3 Å². The van der Waals surface area contributed by atoms with Gasteiger partial charge in [0.15, 0.2) is 0 Å². The lowest BCUT2D eigenvalue weighted by molar-refractivity contribution is -0.153. The van der Waals surface area contributed by atoms with Crippen LogP contribution < -0.4 is 0 Å². The summed E-state index contributed by atoms with van der Waals surface area (Å²) in [6, 6.07) is 0. The highest BCUT2D eigenvalue weighted by Crippen LogP contribution is 2.18. The first-order valence-corrected chi connectivity index (χ1v) is 4.84. The summed E-state index contributed by atoms with van der Waals surface area (Å²) in [5, 5.41) is 9.02. The molecule has 0 bridgehead atoms.